The van der Waals surface area contributed by atoms with E-state index >= 15 is 0 Å². The molecule has 0 saturated heterocycles. The van der Waals surface area contributed by atoms with E-state index in [0.717, 1.165) is 11.1 Å². The Kier molecular flexibility index (Phi) is 5.58. The standard InChI is InChI=1S/C23H25NO7/c1-4-29-21(26)23(22(27)30-5-2)19-17(7-6-8-18(19)25)24-12-11-14-13-15(28-3)9-10-16(14)20(24)31-23/h9-13,20H,4-8H2,1-3H3. The first-order valence-corrected chi connectivity index (χ1v) is 10.4. The highest BCUT2D eigenvalue weighted by atomic mass is 16.6. The van der Waals surface area contributed by atoms with Crippen LogP contribution < -0.4 is 4.74 Å². The molecule has 0 N–H and O–H groups in total. The van der Waals surface area contributed by atoms with E-state index in [1.54, 1.807) is 33.2 Å². The molecule has 1 aromatic rings. The third kappa shape index (κ3) is 3.22. The van der Waals surface area contributed by atoms with Crippen molar-refractivity contribution in [1.29, 1.82) is 0 Å². The fourth-order valence-corrected chi connectivity index (χ4v) is 4.35. The smallest absolute Gasteiger partial charge is 0.355 e. The van der Waals surface area contributed by atoms with Gasteiger partial charge >= 0.3 is 11.9 Å². The number of carbonyl (C=O) groups is 3. The highest BCUT2D eigenvalue weighted by Gasteiger charge is 2.62. The lowest BCUT2D eigenvalue weighted by Crippen LogP contribution is -2.60. The van der Waals surface area contributed by atoms with Crippen LogP contribution in [-0.4, -0.2) is 48.5 Å². The Bertz CT molecular complexity index is 976. The molecule has 0 bridgehead atoms. The van der Waals surface area contributed by atoms with Crippen LogP contribution in [0.25, 0.3) is 6.08 Å². The molecule has 3 aliphatic rings. The van der Waals surface area contributed by atoms with Gasteiger partial charge in [-0.2, -0.15) is 0 Å². The van der Waals surface area contributed by atoms with Gasteiger partial charge in [-0.1, -0.05) is 6.07 Å². The van der Waals surface area contributed by atoms with Crippen molar-refractivity contribution in [2.45, 2.75) is 44.9 Å². The maximum atomic E-state index is 13.2. The van der Waals surface area contributed by atoms with Crippen LogP contribution >= 0.6 is 0 Å². The highest BCUT2D eigenvalue weighted by Crippen LogP contribution is 2.49. The number of rotatable bonds is 5. The van der Waals surface area contributed by atoms with E-state index in [9.17, 15) is 14.4 Å². The Hall–Kier alpha value is -3.13. The van der Waals surface area contributed by atoms with E-state index in [4.69, 9.17) is 18.9 Å². The number of allylic oxidation sites excluding steroid dienone is 1. The van der Waals surface area contributed by atoms with Crippen LogP contribution in [0.2, 0.25) is 0 Å². The van der Waals surface area contributed by atoms with E-state index in [1.807, 2.05) is 23.1 Å². The van der Waals surface area contributed by atoms with Gasteiger partial charge in [0.05, 0.1) is 25.9 Å². The molecular formula is C23H25NO7. The largest absolute Gasteiger partial charge is 0.497 e. The van der Waals surface area contributed by atoms with Crippen molar-refractivity contribution in [3.63, 3.8) is 0 Å². The maximum Gasteiger partial charge on any atom is 0.355 e. The van der Waals surface area contributed by atoms with Crippen molar-refractivity contribution in [2.24, 2.45) is 0 Å². The van der Waals surface area contributed by atoms with Crippen molar-refractivity contribution in [2.75, 3.05) is 20.3 Å². The van der Waals surface area contributed by atoms with Crippen LogP contribution in [0.4, 0.5) is 0 Å². The number of methoxy groups -OCH3 is 1. The quantitative estimate of drug-likeness (QED) is 0.523. The van der Waals surface area contributed by atoms with Crippen molar-refractivity contribution < 1.29 is 33.3 Å². The van der Waals surface area contributed by atoms with Gasteiger partial charge in [0.25, 0.3) is 5.60 Å². The van der Waals surface area contributed by atoms with Crippen LogP contribution in [-0.2, 0) is 28.6 Å². The molecule has 8 heteroatoms. The molecule has 2 heterocycles. The Morgan fingerprint density at radius 3 is 2.52 bits per heavy atom. The summed E-state index contributed by atoms with van der Waals surface area (Å²) in [5.41, 5.74) is -0.0818. The molecule has 8 nitrogen and oxygen atoms in total. The molecule has 0 saturated carbocycles. The highest BCUT2D eigenvalue weighted by molar-refractivity contribution is 6.17. The zero-order valence-corrected chi connectivity index (χ0v) is 17.8. The van der Waals surface area contributed by atoms with Crippen molar-refractivity contribution in [1.82, 2.24) is 4.90 Å². The summed E-state index contributed by atoms with van der Waals surface area (Å²) in [4.78, 5) is 41.3. The molecule has 0 spiro atoms. The summed E-state index contributed by atoms with van der Waals surface area (Å²) in [6, 6.07) is 5.46. The van der Waals surface area contributed by atoms with E-state index in [1.165, 1.54) is 0 Å². The Balaban J connectivity index is 1.94. The molecule has 1 aliphatic carbocycles. The van der Waals surface area contributed by atoms with Gasteiger partial charge in [0.15, 0.2) is 12.0 Å². The Morgan fingerprint density at radius 2 is 1.87 bits per heavy atom. The van der Waals surface area contributed by atoms with Gasteiger partial charge in [-0.05, 0) is 50.5 Å². The van der Waals surface area contributed by atoms with Crippen LogP contribution in [0.15, 0.2) is 35.7 Å². The molecule has 1 atom stereocenters. The minimum atomic E-state index is -2.26. The average molecular weight is 427 g/mol. The number of fused-ring (bicyclic) bond motifs is 4. The van der Waals surface area contributed by atoms with Gasteiger partial charge in [0.2, 0.25) is 0 Å². The summed E-state index contributed by atoms with van der Waals surface area (Å²) < 4.78 is 22.1. The number of nitrogens with zero attached hydrogens (tertiary/aromatic N) is 1. The maximum absolute atomic E-state index is 13.2. The lowest BCUT2D eigenvalue weighted by Gasteiger charge is -2.48. The summed E-state index contributed by atoms with van der Waals surface area (Å²) in [7, 11) is 1.58. The summed E-state index contributed by atoms with van der Waals surface area (Å²) in [5.74, 6) is -1.50. The zero-order valence-electron chi connectivity index (χ0n) is 17.8. The topological polar surface area (TPSA) is 91.4 Å². The first-order chi connectivity index (χ1) is 15.0. The molecule has 0 amide bonds. The van der Waals surface area contributed by atoms with Gasteiger partial charge < -0.3 is 23.8 Å². The Labute approximate surface area is 180 Å². The van der Waals surface area contributed by atoms with Crippen LogP contribution in [0.5, 0.6) is 5.75 Å². The Morgan fingerprint density at radius 1 is 1.16 bits per heavy atom. The van der Waals surface area contributed by atoms with Crippen molar-refractivity contribution >= 4 is 23.8 Å². The van der Waals surface area contributed by atoms with Crippen LogP contribution in [0.3, 0.4) is 0 Å². The molecule has 4 rings (SSSR count). The second kappa shape index (κ2) is 8.19. The molecule has 0 radical (unpaired) electrons. The monoisotopic (exact) mass is 427 g/mol. The second-order valence-corrected chi connectivity index (χ2v) is 7.41. The number of hydrogen-bond donors (Lipinski definition) is 0. The van der Waals surface area contributed by atoms with Crippen LogP contribution in [0.1, 0.15) is 50.5 Å². The first-order valence-electron chi connectivity index (χ1n) is 10.4. The van der Waals surface area contributed by atoms with E-state index < -0.39 is 23.8 Å². The van der Waals surface area contributed by atoms with Crippen molar-refractivity contribution in [3.05, 3.63) is 46.8 Å². The summed E-state index contributed by atoms with van der Waals surface area (Å²) in [5, 5.41) is 0. The lowest BCUT2D eigenvalue weighted by atomic mass is 9.79. The third-order valence-electron chi connectivity index (χ3n) is 5.69. The fraction of sp³-hybridized carbons (Fsp3) is 0.435. The third-order valence-corrected chi connectivity index (χ3v) is 5.69. The van der Waals surface area contributed by atoms with Gasteiger partial charge in [-0.15, -0.1) is 0 Å². The average Bonchev–Trinajstić information content (AvgIpc) is 2.78. The van der Waals surface area contributed by atoms with E-state index in [0.29, 0.717) is 24.3 Å². The zero-order chi connectivity index (χ0) is 22.2. The lowest BCUT2D eigenvalue weighted by molar-refractivity contribution is -0.207. The number of ether oxygens (including phenoxy) is 4. The molecule has 0 aromatic heterocycles. The number of Topliss-reactive ketones (excluding diaryl/α,β-unsaturated/α-hetero) is 1. The van der Waals surface area contributed by atoms with Gasteiger partial charge in [0.1, 0.15) is 5.75 Å². The first kappa shape index (κ1) is 21.1. The normalized spacial score (nSPS) is 21.1. The predicted molar refractivity (Wildman–Crippen MR) is 110 cm³/mol. The molecular weight excluding hydrogens is 402 g/mol. The summed E-state index contributed by atoms with van der Waals surface area (Å²) in [6.45, 7) is 3.33. The van der Waals surface area contributed by atoms with Crippen LogP contribution in [0, 0.1) is 0 Å². The number of carbonyl (C=O) groups excluding carboxylic acids is 3. The molecule has 2 aliphatic heterocycles. The van der Waals surface area contributed by atoms with Crippen molar-refractivity contribution in [3.8, 4) is 5.75 Å². The number of hydrogen-bond acceptors (Lipinski definition) is 8. The minimum absolute atomic E-state index is 0.0218. The number of esters is 2. The molecule has 31 heavy (non-hydrogen) atoms. The van der Waals surface area contributed by atoms with Gasteiger partial charge in [-0.3, -0.25) is 4.79 Å². The number of ketones is 1. The van der Waals surface area contributed by atoms with Gasteiger partial charge in [0, 0.05) is 23.9 Å². The molecule has 164 valence electrons. The molecule has 1 aromatic carbocycles. The summed E-state index contributed by atoms with van der Waals surface area (Å²) >= 11 is 0. The van der Waals surface area contributed by atoms with Gasteiger partial charge in [-0.25, -0.2) is 9.59 Å². The summed E-state index contributed by atoms with van der Waals surface area (Å²) in [6.07, 6.45) is 4.26. The fourth-order valence-electron chi connectivity index (χ4n) is 4.35. The van der Waals surface area contributed by atoms with E-state index in [-0.39, 0.29) is 31.0 Å². The second-order valence-electron chi connectivity index (χ2n) is 7.41. The van der Waals surface area contributed by atoms with E-state index in [2.05, 4.69) is 0 Å². The minimum Gasteiger partial charge on any atom is -0.497 e. The molecule has 1 unspecified atom stereocenters. The SMILES string of the molecule is CCOC(=O)C1(C(=O)OCC)OC2c3ccc(OC)cc3C=CN2C2=C1C(=O)CCC2. The molecule has 0 fully saturated rings. The predicted octanol–water partition coefficient (Wildman–Crippen LogP) is 2.88. The number of benzene rings is 1.